The molecule has 0 radical (unpaired) electrons. The fourth-order valence-corrected chi connectivity index (χ4v) is 5.82. The summed E-state index contributed by atoms with van der Waals surface area (Å²) in [6.07, 6.45) is 2.07. The van der Waals surface area contributed by atoms with Crippen LogP contribution in [0.2, 0.25) is 0 Å². The monoisotopic (exact) mass is 536 g/mol. The molecule has 4 aromatic rings. The normalized spacial score (nSPS) is 14.5. The summed E-state index contributed by atoms with van der Waals surface area (Å²) in [5, 5.41) is 0.722. The second kappa shape index (κ2) is 10.8. The molecule has 0 unspecified atom stereocenters. The number of aromatic nitrogens is 1. The standard InChI is InChI=1S/C28H26F2N4O3S/c29-23-17-20(18-24(30)19-23)10-12-33-13-15-34(16-14-33)28(35)22-6-8-25(9-7-22)32-38(36,37)26-5-1-3-21-4-2-11-31-27(21)26/h1-9,11,17-19,32H,10,12-16H2. The van der Waals surface area contributed by atoms with Crippen molar-refractivity contribution in [3.8, 4) is 0 Å². The fourth-order valence-electron chi connectivity index (χ4n) is 4.58. The van der Waals surface area contributed by atoms with Crippen molar-refractivity contribution in [1.29, 1.82) is 0 Å². The number of amides is 1. The van der Waals surface area contributed by atoms with Crippen molar-refractivity contribution in [1.82, 2.24) is 14.8 Å². The van der Waals surface area contributed by atoms with Gasteiger partial charge in [0.1, 0.15) is 16.5 Å². The second-order valence-electron chi connectivity index (χ2n) is 9.18. The van der Waals surface area contributed by atoms with Gasteiger partial charge in [-0.2, -0.15) is 0 Å². The van der Waals surface area contributed by atoms with Crippen LogP contribution in [-0.4, -0.2) is 61.8 Å². The van der Waals surface area contributed by atoms with Crippen LogP contribution >= 0.6 is 0 Å². The lowest BCUT2D eigenvalue weighted by Crippen LogP contribution is -2.49. The average Bonchev–Trinajstić information content (AvgIpc) is 2.91. The van der Waals surface area contributed by atoms with Gasteiger partial charge >= 0.3 is 0 Å². The summed E-state index contributed by atoms with van der Waals surface area (Å²) in [5.41, 5.74) is 1.79. The van der Waals surface area contributed by atoms with E-state index in [4.69, 9.17) is 0 Å². The van der Waals surface area contributed by atoms with Crippen LogP contribution in [0.25, 0.3) is 10.9 Å². The van der Waals surface area contributed by atoms with Gasteiger partial charge in [0, 0.05) is 61.6 Å². The minimum Gasteiger partial charge on any atom is -0.336 e. The number of benzene rings is 3. The molecule has 1 aromatic heterocycles. The van der Waals surface area contributed by atoms with Crippen LogP contribution in [0.5, 0.6) is 0 Å². The molecule has 0 bridgehead atoms. The van der Waals surface area contributed by atoms with E-state index < -0.39 is 21.7 Å². The molecule has 7 nitrogen and oxygen atoms in total. The van der Waals surface area contributed by atoms with Gasteiger partial charge in [-0.25, -0.2) is 17.2 Å². The van der Waals surface area contributed by atoms with Gasteiger partial charge in [-0.15, -0.1) is 0 Å². The molecule has 0 spiro atoms. The van der Waals surface area contributed by atoms with E-state index in [1.807, 2.05) is 0 Å². The third-order valence-corrected chi connectivity index (χ3v) is 7.98. The van der Waals surface area contributed by atoms with Crippen LogP contribution in [0.3, 0.4) is 0 Å². The Hall–Kier alpha value is -3.89. The molecule has 0 aliphatic carbocycles. The molecule has 196 valence electrons. The molecule has 2 heterocycles. The first kappa shape index (κ1) is 25.7. The molecule has 10 heteroatoms. The smallest absolute Gasteiger partial charge is 0.264 e. The average molecular weight is 537 g/mol. The minimum atomic E-state index is -3.89. The number of piperazine rings is 1. The number of nitrogens with one attached hydrogen (secondary N) is 1. The molecule has 1 amide bonds. The number of nitrogens with zero attached hydrogens (tertiary/aromatic N) is 3. The molecule has 5 rings (SSSR count). The maximum Gasteiger partial charge on any atom is 0.264 e. The maximum atomic E-state index is 13.4. The van der Waals surface area contributed by atoms with Gasteiger partial charge in [0.05, 0.1) is 5.52 Å². The Morgan fingerprint density at radius 3 is 2.29 bits per heavy atom. The van der Waals surface area contributed by atoms with Crippen molar-refractivity contribution in [2.45, 2.75) is 11.3 Å². The van der Waals surface area contributed by atoms with Crippen molar-refractivity contribution < 1.29 is 22.0 Å². The van der Waals surface area contributed by atoms with Gasteiger partial charge in [-0.05, 0) is 60.5 Å². The van der Waals surface area contributed by atoms with E-state index in [1.54, 1.807) is 59.6 Å². The lowest BCUT2D eigenvalue weighted by Gasteiger charge is -2.34. The third kappa shape index (κ3) is 5.81. The molecule has 1 saturated heterocycles. The number of hydrogen-bond acceptors (Lipinski definition) is 5. The van der Waals surface area contributed by atoms with E-state index in [9.17, 15) is 22.0 Å². The molecule has 0 atom stereocenters. The van der Waals surface area contributed by atoms with Crippen LogP contribution in [0.1, 0.15) is 15.9 Å². The highest BCUT2D eigenvalue weighted by atomic mass is 32.2. The SMILES string of the molecule is O=C(c1ccc(NS(=O)(=O)c2cccc3cccnc23)cc1)N1CCN(CCc2cc(F)cc(F)c2)CC1. The zero-order chi connectivity index (χ0) is 26.7. The molecule has 3 aromatic carbocycles. The number of halogens is 2. The number of sulfonamides is 1. The number of pyridine rings is 1. The van der Waals surface area contributed by atoms with Crippen LogP contribution in [0.15, 0.2) is 83.9 Å². The van der Waals surface area contributed by atoms with E-state index in [0.717, 1.165) is 11.5 Å². The molecule has 1 aliphatic rings. The van der Waals surface area contributed by atoms with Crippen molar-refractivity contribution in [3.05, 3.63) is 102 Å². The highest BCUT2D eigenvalue weighted by Gasteiger charge is 2.23. The molecule has 1 fully saturated rings. The van der Waals surface area contributed by atoms with E-state index in [2.05, 4.69) is 14.6 Å². The predicted molar refractivity (Wildman–Crippen MR) is 141 cm³/mol. The molecular weight excluding hydrogens is 510 g/mol. The summed E-state index contributed by atoms with van der Waals surface area (Å²) < 4.78 is 55.4. The Kier molecular flexibility index (Phi) is 7.35. The van der Waals surface area contributed by atoms with Crippen LogP contribution in [0, 0.1) is 11.6 Å². The quantitative estimate of drug-likeness (QED) is 0.381. The van der Waals surface area contributed by atoms with Crippen molar-refractivity contribution >= 4 is 32.5 Å². The summed E-state index contributed by atoms with van der Waals surface area (Å²) in [7, 11) is -3.89. The lowest BCUT2D eigenvalue weighted by atomic mass is 10.1. The summed E-state index contributed by atoms with van der Waals surface area (Å²) in [4.78, 5) is 21.2. The number of anilines is 1. The zero-order valence-corrected chi connectivity index (χ0v) is 21.3. The Balaban J connectivity index is 1.17. The Morgan fingerprint density at radius 1 is 0.895 bits per heavy atom. The fraction of sp³-hybridized carbons (Fsp3) is 0.214. The molecule has 0 saturated carbocycles. The molecule has 38 heavy (non-hydrogen) atoms. The number of rotatable bonds is 7. The first-order valence-electron chi connectivity index (χ1n) is 12.2. The van der Waals surface area contributed by atoms with E-state index in [0.29, 0.717) is 61.5 Å². The Bertz CT molecular complexity index is 1550. The number of para-hydroxylation sites is 1. The van der Waals surface area contributed by atoms with Crippen LogP contribution < -0.4 is 4.72 Å². The van der Waals surface area contributed by atoms with E-state index >= 15 is 0 Å². The Morgan fingerprint density at radius 2 is 1.58 bits per heavy atom. The number of carbonyl (C=O) groups excluding carboxylic acids is 1. The molecular formula is C28H26F2N4O3S. The molecule has 1 aliphatic heterocycles. The number of hydrogen-bond donors (Lipinski definition) is 1. The van der Waals surface area contributed by atoms with E-state index in [-0.39, 0.29) is 10.8 Å². The lowest BCUT2D eigenvalue weighted by molar-refractivity contribution is 0.0638. The van der Waals surface area contributed by atoms with Gasteiger partial charge in [-0.3, -0.25) is 19.4 Å². The minimum absolute atomic E-state index is 0.0798. The Labute approximate surface area is 219 Å². The van der Waals surface area contributed by atoms with E-state index in [1.165, 1.54) is 18.2 Å². The highest BCUT2D eigenvalue weighted by molar-refractivity contribution is 7.93. The summed E-state index contributed by atoms with van der Waals surface area (Å²) in [6.45, 7) is 3.00. The third-order valence-electron chi connectivity index (χ3n) is 6.57. The predicted octanol–water partition coefficient (Wildman–Crippen LogP) is 4.31. The number of fused-ring (bicyclic) bond motifs is 1. The summed E-state index contributed by atoms with van der Waals surface area (Å²) in [5.74, 6) is -1.30. The van der Waals surface area contributed by atoms with Gasteiger partial charge in [0.15, 0.2) is 0 Å². The number of carbonyl (C=O) groups is 1. The first-order chi connectivity index (χ1) is 18.3. The van der Waals surface area contributed by atoms with Gasteiger partial charge in [0.25, 0.3) is 15.9 Å². The van der Waals surface area contributed by atoms with Crippen LogP contribution in [0.4, 0.5) is 14.5 Å². The van der Waals surface area contributed by atoms with Crippen molar-refractivity contribution in [2.24, 2.45) is 0 Å². The first-order valence-corrected chi connectivity index (χ1v) is 13.7. The maximum absolute atomic E-state index is 13.4. The molecule has 1 N–H and O–H groups in total. The highest BCUT2D eigenvalue weighted by Crippen LogP contribution is 2.24. The second-order valence-corrected chi connectivity index (χ2v) is 10.8. The van der Waals surface area contributed by atoms with Crippen molar-refractivity contribution in [2.75, 3.05) is 37.4 Å². The largest absolute Gasteiger partial charge is 0.336 e. The van der Waals surface area contributed by atoms with Gasteiger partial charge in [0.2, 0.25) is 0 Å². The van der Waals surface area contributed by atoms with Gasteiger partial charge in [-0.1, -0.05) is 18.2 Å². The summed E-state index contributed by atoms with van der Waals surface area (Å²) in [6, 6.07) is 18.4. The van der Waals surface area contributed by atoms with Gasteiger partial charge < -0.3 is 4.90 Å². The van der Waals surface area contributed by atoms with Crippen LogP contribution in [-0.2, 0) is 16.4 Å². The topological polar surface area (TPSA) is 82.6 Å². The zero-order valence-electron chi connectivity index (χ0n) is 20.5. The summed E-state index contributed by atoms with van der Waals surface area (Å²) >= 11 is 0. The van der Waals surface area contributed by atoms with Crippen molar-refractivity contribution in [3.63, 3.8) is 0 Å².